The van der Waals surface area contributed by atoms with Crippen molar-refractivity contribution < 1.29 is 9.18 Å². The lowest BCUT2D eigenvalue weighted by Crippen LogP contribution is -2.43. The van der Waals surface area contributed by atoms with Gasteiger partial charge in [-0.15, -0.1) is 0 Å². The number of hydrogen-bond acceptors (Lipinski definition) is 2. The number of nitrogens with one attached hydrogen (secondary N) is 1. The number of benzene rings is 2. The van der Waals surface area contributed by atoms with E-state index in [-0.39, 0.29) is 29.1 Å². The number of likely N-dealkylation sites (tertiary alicyclic amines) is 1. The van der Waals surface area contributed by atoms with E-state index < -0.39 is 5.82 Å². The molecule has 1 saturated heterocycles. The first-order valence-electron chi connectivity index (χ1n) is 9.03. The van der Waals surface area contributed by atoms with E-state index in [1.165, 1.54) is 12.1 Å². The van der Waals surface area contributed by atoms with E-state index in [0.29, 0.717) is 18.7 Å². The van der Waals surface area contributed by atoms with Gasteiger partial charge >= 0.3 is 5.69 Å². The molecular formula is C20H18BrClFN3O2. The second-order valence-corrected chi connectivity index (χ2v) is 8.40. The van der Waals surface area contributed by atoms with Crippen LogP contribution in [-0.4, -0.2) is 33.4 Å². The molecule has 1 fully saturated rings. The van der Waals surface area contributed by atoms with Crippen LogP contribution >= 0.6 is 27.5 Å². The van der Waals surface area contributed by atoms with Crippen molar-refractivity contribution in [2.24, 2.45) is 0 Å². The lowest BCUT2D eigenvalue weighted by atomic mass is 10.0. The number of carbonyl (C=O) groups excluding carboxylic acids is 1. The number of halogens is 3. The second kappa shape index (κ2) is 7.72. The molecule has 1 N–H and O–H groups in total. The highest BCUT2D eigenvalue weighted by Crippen LogP contribution is 2.26. The third-order valence-corrected chi connectivity index (χ3v) is 5.78. The summed E-state index contributed by atoms with van der Waals surface area (Å²) < 4.78 is 16.2. The summed E-state index contributed by atoms with van der Waals surface area (Å²) in [7, 11) is 0. The number of rotatable bonds is 3. The second-order valence-electron chi connectivity index (χ2n) is 7.05. The summed E-state index contributed by atoms with van der Waals surface area (Å²) in [5.74, 6) is -0.551. The lowest BCUT2D eigenvalue weighted by Gasteiger charge is -2.33. The van der Waals surface area contributed by atoms with Gasteiger partial charge in [0.1, 0.15) is 5.82 Å². The van der Waals surface area contributed by atoms with E-state index in [1.54, 1.807) is 15.5 Å². The number of aromatic amines is 1. The molecule has 1 aliphatic rings. The summed E-state index contributed by atoms with van der Waals surface area (Å²) in [5, 5.41) is 0.274. The average Bonchev–Trinajstić information content (AvgIpc) is 2.95. The Kier molecular flexibility index (Phi) is 5.29. The van der Waals surface area contributed by atoms with Crippen molar-refractivity contribution in [2.75, 3.05) is 13.1 Å². The van der Waals surface area contributed by atoms with Crippen molar-refractivity contribution in [3.8, 4) is 0 Å². The summed E-state index contributed by atoms with van der Waals surface area (Å²) in [6.07, 6.45) is 1.70. The minimum absolute atomic E-state index is 0.0833. The molecule has 2 heterocycles. The Morgan fingerprint density at radius 3 is 2.89 bits per heavy atom. The van der Waals surface area contributed by atoms with Crippen LogP contribution in [0.5, 0.6) is 0 Å². The molecule has 0 saturated carbocycles. The molecule has 0 radical (unpaired) electrons. The molecular weight excluding hydrogens is 449 g/mol. The molecule has 1 aliphatic heterocycles. The number of imidazole rings is 1. The third kappa shape index (κ3) is 3.86. The van der Waals surface area contributed by atoms with Crippen molar-refractivity contribution in [1.82, 2.24) is 14.5 Å². The first-order chi connectivity index (χ1) is 13.4. The van der Waals surface area contributed by atoms with E-state index in [1.807, 2.05) is 18.2 Å². The fraction of sp³-hybridized carbons (Fsp3) is 0.300. The zero-order valence-electron chi connectivity index (χ0n) is 14.9. The minimum atomic E-state index is -0.455. The van der Waals surface area contributed by atoms with Crippen molar-refractivity contribution in [2.45, 2.75) is 25.3 Å². The Balaban J connectivity index is 1.55. The quantitative estimate of drug-likeness (QED) is 0.626. The first kappa shape index (κ1) is 19.2. The minimum Gasteiger partial charge on any atom is -0.340 e. The molecule has 0 aliphatic carbocycles. The Hall–Kier alpha value is -2.12. The van der Waals surface area contributed by atoms with Crippen LogP contribution in [0, 0.1) is 5.82 Å². The fourth-order valence-corrected chi connectivity index (χ4v) is 4.46. The molecule has 3 aromatic rings. The van der Waals surface area contributed by atoms with Gasteiger partial charge in [0.2, 0.25) is 5.91 Å². The molecule has 1 aromatic heterocycles. The highest BCUT2D eigenvalue weighted by atomic mass is 79.9. The smallest absolute Gasteiger partial charge is 0.326 e. The number of aromatic nitrogens is 2. The number of hydrogen-bond donors (Lipinski definition) is 1. The molecule has 0 spiro atoms. The highest BCUT2D eigenvalue weighted by Gasteiger charge is 2.27. The van der Waals surface area contributed by atoms with Crippen molar-refractivity contribution in [1.29, 1.82) is 0 Å². The molecule has 0 unspecified atom stereocenters. The molecule has 8 heteroatoms. The van der Waals surface area contributed by atoms with Gasteiger partial charge in [-0.1, -0.05) is 27.5 Å². The monoisotopic (exact) mass is 465 g/mol. The van der Waals surface area contributed by atoms with E-state index in [2.05, 4.69) is 20.9 Å². The van der Waals surface area contributed by atoms with Crippen molar-refractivity contribution in [3.63, 3.8) is 0 Å². The van der Waals surface area contributed by atoms with Gasteiger partial charge in [-0.25, -0.2) is 9.18 Å². The van der Waals surface area contributed by atoms with Crippen LogP contribution in [0.4, 0.5) is 4.39 Å². The van der Waals surface area contributed by atoms with Crippen LogP contribution < -0.4 is 5.69 Å². The summed E-state index contributed by atoms with van der Waals surface area (Å²) in [6.45, 7) is 1.08. The van der Waals surface area contributed by atoms with Crippen molar-refractivity contribution >= 4 is 44.5 Å². The van der Waals surface area contributed by atoms with Crippen LogP contribution in [-0.2, 0) is 11.2 Å². The van der Waals surface area contributed by atoms with Crippen LogP contribution in [0.15, 0.2) is 45.7 Å². The Morgan fingerprint density at radius 1 is 1.29 bits per heavy atom. The van der Waals surface area contributed by atoms with Gasteiger partial charge in [-0.3, -0.25) is 9.36 Å². The standard InChI is InChI=1S/C20H18BrClFN3O2/c21-13-3-4-18-17(9-13)24-20(28)26(18)16-2-1-5-25(11-16)19(27)8-12-6-14(22)10-15(23)7-12/h3-4,6-7,9-10,16H,1-2,5,8,11H2,(H,24,28)/t16-/m0/s1. The molecule has 1 atom stereocenters. The van der Waals surface area contributed by atoms with Gasteiger partial charge in [0.05, 0.1) is 23.5 Å². The number of amides is 1. The van der Waals surface area contributed by atoms with Crippen LogP contribution in [0.3, 0.4) is 0 Å². The van der Waals surface area contributed by atoms with E-state index in [0.717, 1.165) is 28.3 Å². The van der Waals surface area contributed by atoms with Crippen LogP contribution in [0.25, 0.3) is 11.0 Å². The number of fused-ring (bicyclic) bond motifs is 1. The largest absolute Gasteiger partial charge is 0.340 e. The molecule has 28 heavy (non-hydrogen) atoms. The summed E-state index contributed by atoms with van der Waals surface area (Å²) >= 11 is 9.30. The number of piperidine rings is 1. The molecule has 4 rings (SSSR count). The Morgan fingerprint density at radius 2 is 2.11 bits per heavy atom. The topological polar surface area (TPSA) is 58.1 Å². The molecule has 0 bridgehead atoms. The van der Waals surface area contributed by atoms with E-state index in [4.69, 9.17) is 11.6 Å². The van der Waals surface area contributed by atoms with Gasteiger partial charge in [0.25, 0.3) is 0 Å². The predicted octanol–water partition coefficient (Wildman–Crippen LogP) is 4.29. The van der Waals surface area contributed by atoms with Gasteiger partial charge in [-0.05, 0) is 54.8 Å². The summed E-state index contributed by atoms with van der Waals surface area (Å²) in [5.41, 5.74) is 1.96. The Bertz CT molecular complexity index is 1090. The lowest BCUT2D eigenvalue weighted by molar-refractivity contribution is -0.132. The number of nitrogens with zero attached hydrogens (tertiary/aromatic N) is 2. The average molecular weight is 467 g/mol. The maximum absolute atomic E-state index is 13.5. The zero-order chi connectivity index (χ0) is 19.8. The van der Waals surface area contributed by atoms with Crippen LogP contribution in [0.2, 0.25) is 5.02 Å². The van der Waals surface area contributed by atoms with Gasteiger partial charge < -0.3 is 9.88 Å². The van der Waals surface area contributed by atoms with Gasteiger partial charge in [-0.2, -0.15) is 0 Å². The predicted molar refractivity (Wildman–Crippen MR) is 110 cm³/mol. The number of carbonyl (C=O) groups is 1. The fourth-order valence-electron chi connectivity index (χ4n) is 3.86. The normalized spacial score (nSPS) is 17.2. The maximum atomic E-state index is 13.5. The first-order valence-corrected chi connectivity index (χ1v) is 10.2. The van der Waals surface area contributed by atoms with E-state index >= 15 is 0 Å². The van der Waals surface area contributed by atoms with Crippen molar-refractivity contribution in [3.05, 3.63) is 67.8 Å². The molecule has 1 amide bonds. The maximum Gasteiger partial charge on any atom is 0.326 e. The van der Waals surface area contributed by atoms with E-state index in [9.17, 15) is 14.0 Å². The summed E-state index contributed by atoms with van der Waals surface area (Å²) in [6, 6.07) is 9.70. The number of H-pyrrole nitrogens is 1. The van der Waals surface area contributed by atoms with Gasteiger partial charge in [0, 0.05) is 22.6 Å². The summed E-state index contributed by atoms with van der Waals surface area (Å²) in [4.78, 5) is 29.9. The zero-order valence-corrected chi connectivity index (χ0v) is 17.3. The highest BCUT2D eigenvalue weighted by molar-refractivity contribution is 9.10. The van der Waals surface area contributed by atoms with Gasteiger partial charge in [0.15, 0.2) is 0 Å². The Labute approximate surface area is 174 Å². The molecule has 146 valence electrons. The molecule has 5 nitrogen and oxygen atoms in total. The SMILES string of the molecule is O=C(Cc1cc(F)cc(Cl)c1)N1CCC[C@H](n2c(=O)[nH]c3cc(Br)ccc32)C1. The van der Waals surface area contributed by atoms with Crippen LogP contribution in [0.1, 0.15) is 24.4 Å². The third-order valence-electron chi connectivity index (χ3n) is 5.07. The molecule has 2 aromatic carbocycles.